The van der Waals surface area contributed by atoms with Crippen molar-refractivity contribution in [3.05, 3.63) is 95.4 Å². The maximum Gasteiger partial charge on any atom is 0.264 e. The summed E-state index contributed by atoms with van der Waals surface area (Å²) in [7, 11) is -3.81. The van der Waals surface area contributed by atoms with Gasteiger partial charge in [0.2, 0.25) is 0 Å². The SMILES string of the molecule is CCN(c1ccccc1)S(=O)(=O)c1ccc(C(=O)Nc2nc(-c3ccc(F)c(F)c3)cs2)cc1. The summed E-state index contributed by atoms with van der Waals surface area (Å²) in [5, 5.41) is 4.51. The van der Waals surface area contributed by atoms with Crippen molar-refractivity contribution in [2.24, 2.45) is 0 Å². The van der Waals surface area contributed by atoms with Crippen LogP contribution in [-0.2, 0) is 10.0 Å². The zero-order valence-electron chi connectivity index (χ0n) is 17.9. The molecule has 0 aliphatic heterocycles. The Bertz CT molecular complexity index is 1420. The van der Waals surface area contributed by atoms with E-state index in [1.165, 1.54) is 34.6 Å². The van der Waals surface area contributed by atoms with Crippen molar-refractivity contribution in [3.63, 3.8) is 0 Å². The molecule has 1 N–H and O–H groups in total. The van der Waals surface area contributed by atoms with Crippen LogP contribution in [0.25, 0.3) is 11.3 Å². The summed E-state index contributed by atoms with van der Waals surface area (Å²) in [5.41, 5.74) is 1.56. The minimum atomic E-state index is -3.81. The molecule has 6 nitrogen and oxygen atoms in total. The van der Waals surface area contributed by atoms with E-state index in [1.54, 1.807) is 42.6 Å². The van der Waals surface area contributed by atoms with Gasteiger partial charge in [0.05, 0.1) is 16.3 Å². The second-order valence-corrected chi connectivity index (χ2v) is 9.87. The Morgan fingerprint density at radius 2 is 1.71 bits per heavy atom. The zero-order valence-corrected chi connectivity index (χ0v) is 19.5. The van der Waals surface area contributed by atoms with Crippen molar-refractivity contribution in [3.8, 4) is 11.3 Å². The number of hydrogen-bond acceptors (Lipinski definition) is 5. The number of thiazole rings is 1. The number of anilines is 2. The normalized spacial score (nSPS) is 11.3. The summed E-state index contributed by atoms with van der Waals surface area (Å²) in [4.78, 5) is 16.9. The van der Waals surface area contributed by atoms with Crippen LogP contribution in [-0.4, -0.2) is 25.9 Å². The first-order valence-corrected chi connectivity index (χ1v) is 12.5. The maximum absolute atomic E-state index is 13.5. The van der Waals surface area contributed by atoms with Gasteiger partial charge < -0.3 is 0 Å². The van der Waals surface area contributed by atoms with Crippen LogP contribution in [0.4, 0.5) is 19.6 Å². The Kier molecular flexibility index (Phi) is 6.71. The molecule has 0 aliphatic carbocycles. The van der Waals surface area contributed by atoms with Gasteiger partial charge in [-0.15, -0.1) is 11.3 Å². The lowest BCUT2D eigenvalue weighted by atomic mass is 10.2. The van der Waals surface area contributed by atoms with E-state index in [0.29, 0.717) is 16.9 Å². The van der Waals surface area contributed by atoms with Crippen LogP contribution in [0.15, 0.2) is 83.1 Å². The minimum absolute atomic E-state index is 0.0598. The summed E-state index contributed by atoms with van der Waals surface area (Å²) in [6, 6.07) is 17.8. The molecule has 1 amide bonds. The van der Waals surface area contributed by atoms with Gasteiger partial charge in [0, 0.05) is 23.1 Å². The molecule has 4 rings (SSSR count). The van der Waals surface area contributed by atoms with Gasteiger partial charge in [0.15, 0.2) is 16.8 Å². The number of para-hydroxylation sites is 1. The van der Waals surface area contributed by atoms with Crippen LogP contribution in [0.3, 0.4) is 0 Å². The Hall–Kier alpha value is -3.63. The summed E-state index contributed by atoms with van der Waals surface area (Å²) in [5.74, 6) is -2.42. The molecule has 0 unspecified atom stereocenters. The average molecular weight is 500 g/mol. The molecule has 3 aromatic carbocycles. The van der Waals surface area contributed by atoms with Gasteiger partial charge in [0.25, 0.3) is 15.9 Å². The summed E-state index contributed by atoms with van der Waals surface area (Å²) >= 11 is 1.13. The maximum atomic E-state index is 13.5. The van der Waals surface area contributed by atoms with Crippen LogP contribution in [0.5, 0.6) is 0 Å². The fourth-order valence-electron chi connectivity index (χ4n) is 3.28. The van der Waals surface area contributed by atoms with E-state index in [4.69, 9.17) is 0 Å². The van der Waals surface area contributed by atoms with Gasteiger partial charge in [-0.3, -0.25) is 14.4 Å². The number of amides is 1. The van der Waals surface area contributed by atoms with Crippen molar-refractivity contribution < 1.29 is 22.0 Å². The monoisotopic (exact) mass is 499 g/mol. The van der Waals surface area contributed by atoms with Gasteiger partial charge in [-0.05, 0) is 61.5 Å². The first kappa shape index (κ1) is 23.5. The quantitative estimate of drug-likeness (QED) is 0.361. The number of sulfonamides is 1. The second-order valence-electron chi connectivity index (χ2n) is 7.15. The van der Waals surface area contributed by atoms with Crippen LogP contribution < -0.4 is 9.62 Å². The number of benzene rings is 3. The lowest BCUT2D eigenvalue weighted by Gasteiger charge is -2.22. The van der Waals surface area contributed by atoms with E-state index in [2.05, 4.69) is 10.3 Å². The van der Waals surface area contributed by atoms with E-state index in [9.17, 15) is 22.0 Å². The average Bonchev–Trinajstić information content (AvgIpc) is 3.30. The second kappa shape index (κ2) is 9.70. The summed E-state index contributed by atoms with van der Waals surface area (Å²) in [6.07, 6.45) is 0. The molecule has 10 heteroatoms. The van der Waals surface area contributed by atoms with Gasteiger partial charge in [-0.2, -0.15) is 0 Å². The van der Waals surface area contributed by atoms with Crippen molar-refractivity contribution in [2.75, 3.05) is 16.2 Å². The molecule has 0 aliphatic rings. The molecule has 0 bridgehead atoms. The van der Waals surface area contributed by atoms with Crippen LogP contribution >= 0.6 is 11.3 Å². The number of carbonyl (C=O) groups excluding carboxylic acids is 1. The molecule has 1 aromatic heterocycles. The molecular weight excluding hydrogens is 480 g/mol. The highest BCUT2D eigenvalue weighted by Crippen LogP contribution is 2.27. The molecule has 34 heavy (non-hydrogen) atoms. The van der Waals surface area contributed by atoms with E-state index in [1.807, 2.05) is 0 Å². The van der Waals surface area contributed by atoms with Crippen LogP contribution in [0.1, 0.15) is 17.3 Å². The highest BCUT2D eigenvalue weighted by Gasteiger charge is 2.23. The number of aromatic nitrogens is 1. The minimum Gasteiger partial charge on any atom is -0.298 e. The third-order valence-corrected chi connectivity index (χ3v) is 7.65. The lowest BCUT2D eigenvalue weighted by molar-refractivity contribution is 0.102. The largest absolute Gasteiger partial charge is 0.298 e. The standard InChI is InChI=1S/C24H19F2N3O3S2/c1-2-29(18-6-4-3-5-7-18)34(31,32)19-11-8-16(9-12-19)23(30)28-24-27-22(15-33-24)17-10-13-20(25)21(26)14-17/h3-15H,2H2,1H3,(H,27,28,30). The number of rotatable bonds is 7. The van der Waals surface area contributed by atoms with Gasteiger partial charge >= 0.3 is 0 Å². The lowest BCUT2D eigenvalue weighted by Crippen LogP contribution is -2.30. The molecule has 0 radical (unpaired) electrons. The van der Waals surface area contributed by atoms with E-state index < -0.39 is 27.6 Å². The summed E-state index contributed by atoms with van der Waals surface area (Å²) < 4.78 is 54.1. The molecule has 1 heterocycles. The van der Waals surface area contributed by atoms with Crippen molar-refractivity contribution in [2.45, 2.75) is 11.8 Å². The van der Waals surface area contributed by atoms with Gasteiger partial charge in [-0.1, -0.05) is 18.2 Å². The van der Waals surface area contributed by atoms with Crippen molar-refractivity contribution >= 4 is 38.1 Å². The van der Waals surface area contributed by atoms with E-state index in [0.717, 1.165) is 23.5 Å². The van der Waals surface area contributed by atoms with Gasteiger partial charge in [-0.25, -0.2) is 22.2 Å². The zero-order chi connectivity index (χ0) is 24.3. The molecule has 0 saturated heterocycles. The van der Waals surface area contributed by atoms with Crippen molar-refractivity contribution in [1.29, 1.82) is 0 Å². The molecule has 174 valence electrons. The number of halogens is 2. The van der Waals surface area contributed by atoms with Gasteiger partial charge in [0.1, 0.15) is 0 Å². The predicted molar refractivity (Wildman–Crippen MR) is 129 cm³/mol. The third kappa shape index (κ3) is 4.82. The molecular formula is C24H19F2N3O3S2. The third-order valence-electron chi connectivity index (χ3n) is 4.98. The van der Waals surface area contributed by atoms with E-state index >= 15 is 0 Å². The van der Waals surface area contributed by atoms with Crippen LogP contribution in [0, 0.1) is 11.6 Å². The Labute approximate surface area is 199 Å². The highest BCUT2D eigenvalue weighted by molar-refractivity contribution is 7.92. The summed E-state index contributed by atoms with van der Waals surface area (Å²) in [6.45, 7) is 1.99. The predicted octanol–water partition coefficient (Wildman–Crippen LogP) is 5.56. The smallest absolute Gasteiger partial charge is 0.264 e. The first-order chi connectivity index (χ1) is 16.3. The Balaban J connectivity index is 1.49. The van der Waals surface area contributed by atoms with Crippen LogP contribution in [0.2, 0.25) is 0 Å². The van der Waals surface area contributed by atoms with E-state index in [-0.39, 0.29) is 22.1 Å². The highest BCUT2D eigenvalue weighted by atomic mass is 32.2. The fourth-order valence-corrected chi connectivity index (χ4v) is 5.47. The number of carbonyl (C=O) groups is 1. The number of hydrogen-bond donors (Lipinski definition) is 1. The molecule has 0 saturated carbocycles. The first-order valence-electron chi connectivity index (χ1n) is 10.2. The molecule has 0 fully saturated rings. The van der Waals surface area contributed by atoms with Crippen molar-refractivity contribution in [1.82, 2.24) is 4.98 Å². The Morgan fingerprint density at radius 1 is 1.00 bits per heavy atom. The number of nitrogens with one attached hydrogen (secondary N) is 1. The molecule has 0 atom stereocenters. The Morgan fingerprint density at radius 3 is 2.35 bits per heavy atom. The fraction of sp³-hybridized carbons (Fsp3) is 0.0833. The topological polar surface area (TPSA) is 79.4 Å². The number of nitrogens with zero attached hydrogens (tertiary/aromatic N) is 2. The molecule has 4 aromatic rings. The molecule has 0 spiro atoms.